The zero-order chi connectivity index (χ0) is 19.0. The predicted octanol–water partition coefficient (Wildman–Crippen LogP) is 4.29. The Labute approximate surface area is 157 Å². The smallest absolute Gasteiger partial charge is 0.228 e. The van der Waals surface area contributed by atoms with Crippen LogP contribution < -0.4 is 5.32 Å². The molecule has 2 aromatic heterocycles. The molecular weight excluding hydrogens is 343 g/mol. The number of nitrogens with one attached hydrogen (secondary N) is 1. The molecule has 1 aromatic carbocycles. The predicted molar refractivity (Wildman–Crippen MR) is 103 cm³/mol. The normalized spacial score (nSPS) is 13.0. The van der Waals surface area contributed by atoms with Gasteiger partial charge in [-0.05, 0) is 54.8 Å². The number of fused-ring (bicyclic) bond motifs is 1. The number of hydrogen-bond donors (Lipinski definition) is 1. The molecule has 1 N–H and O–H groups in total. The quantitative estimate of drug-likeness (QED) is 0.751. The number of benzene rings is 1. The van der Waals surface area contributed by atoms with Gasteiger partial charge in [0, 0.05) is 35.5 Å². The van der Waals surface area contributed by atoms with Gasteiger partial charge < -0.3 is 5.32 Å². The highest BCUT2D eigenvalue weighted by Crippen LogP contribution is 2.38. The van der Waals surface area contributed by atoms with Gasteiger partial charge in [0.25, 0.3) is 0 Å². The SMILES string of the molecule is CC(C)C(=O)Nc1cc(-c2c(-c3ccc(F)cc3)nn3c2CCC3)ccn1. The van der Waals surface area contributed by atoms with Crippen LogP contribution in [0.2, 0.25) is 0 Å². The van der Waals surface area contributed by atoms with Gasteiger partial charge in [-0.3, -0.25) is 9.48 Å². The molecule has 27 heavy (non-hydrogen) atoms. The third-order valence-corrected chi connectivity index (χ3v) is 4.78. The van der Waals surface area contributed by atoms with E-state index in [2.05, 4.69) is 10.3 Å². The standard InChI is InChI=1S/C21H21FN4O/c1-13(2)21(27)24-18-12-15(9-10-23-18)19-17-4-3-11-26(17)25-20(19)14-5-7-16(22)8-6-14/h5-10,12-13H,3-4,11H2,1-2H3,(H,23,24,27). The molecular formula is C21H21FN4O. The molecule has 0 bridgehead atoms. The van der Waals surface area contributed by atoms with Crippen molar-refractivity contribution in [3.05, 3.63) is 54.1 Å². The molecule has 3 heterocycles. The van der Waals surface area contributed by atoms with Gasteiger partial charge in [0.2, 0.25) is 5.91 Å². The lowest BCUT2D eigenvalue weighted by Gasteiger charge is -2.10. The van der Waals surface area contributed by atoms with Crippen LogP contribution in [0.25, 0.3) is 22.4 Å². The molecule has 0 radical (unpaired) electrons. The Bertz CT molecular complexity index is 992. The van der Waals surface area contributed by atoms with E-state index in [1.54, 1.807) is 18.3 Å². The van der Waals surface area contributed by atoms with Crippen molar-refractivity contribution < 1.29 is 9.18 Å². The van der Waals surface area contributed by atoms with Gasteiger partial charge in [-0.25, -0.2) is 9.37 Å². The lowest BCUT2D eigenvalue weighted by Crippen LogP contribution is -2.18. The average molecular weight is 364 g/mol. The molecule has 5 nitrogen and oxygen atoms in total. The van der Waals surface area contributed by atoms with Crippen molar-refractivity contribution in [2.75, 3.05) is 5.32 Å². The van der Waals surface area contributed by atoms with Gasteiger partial charge in [0.15, 0.2) is 0 Å². The van der Waals surface area contributed by atoms with E-state index >= 15 is 0 Å². The van der Waals surface area contributed by atoms with Crippen molar-refractivity contribution in [3.63, 3.8) is 0 Å². The summed E-state index contributed by atoms with van der Waals surface area (Å²) in [5, 5.41) is 7.62. The Morgan fingerprint density at radius 1 is 1.19 bits per heavy atom. The minimum absolute atomic E-state index is 0.0707. The van der Waals surface area contributed by atoms with Gasteiger partial charge in [-0.15, -0.1) is 0 Å². The average Bonchev–Trinajstić information content (AvgIpc) is 3.23. The summed E-state index contributed by atoms with van der Waals surface area (Å²) >= 11 is 0. The number of hydrogen-bond acceptors (Lipinski definition) is 3. The second-order valence-corrected chi connectivity index (χ2v) is 7.08. The van der Waals surface area contributed by atoms with E-state index in [9.17, 15) is 9.18 Å². The number of anilines is 1. The fraction of sp³-hybridized carbons (Fsp3) is 0.286. The van der Waals surface area contributed by atoms with E-state index < -0.39 is 0 Å². The second-order valence-electron chi connectivity index (χ2n) is 7.08. The van der Waals surface area contributed by atoms with Crippen LogP contribution in [0.1, 0.15) is 26.0 Å². The first-order chi connectivity index (χ1) is 13.0. The molecule has 138 valence electrons. The Morgan fingerprint density at radius 2 is 1.96 bits per heavy atom. The Balaban J connectivity index is 1.80. The van der Waals surface area contributed by atoms with E-state index in [4.69, 9.17) is 5.10 Å². The van der Waals surface area contributed by atoms with Crippen LogP contribution in [0.3, 0.4) is 0 Å². The summed E-state index contributed by atoms with van der Waals surface area (Å²) in [7, 11) is 0. The first kappa shape index (κ1) is 17.4. The number of pyridine rings is 1. The molecule has 0 aliphatic carbocycles. The third kappa shape index (κ3) is 3.35. The number of amides is 1. The first-order valence-corrected chi connectivity index (χ1v) is 9.16. The Morgan fingerprint density at radius 3 is 2.70 bits per heavy atom. The molecule has 0 fully saturated rings. The third-order valence-electron chi connectivity index (χ3n) is 4.78. The Hall–Kier alpha value is -3.02. The highest BCUT2D eigenvalue weighted by atomic mass is 19.1. The van der Waals surface area contributed by atoms with Crippen molar-refractivity contribution in [1.29, 1.82) is 0 Å². The van der Waals surface area contributed by atoms with E-state index in [1.165, 1.54) is 17.8 Å². The molecule has 0 spiro atoms. The maximum atomic E-state index is 13.4. The van der Waals surface area contributed by atoms with Gasteiger partial charge in [-0.2, -0.15) is 5.10 Å². The maximum absolute atomic E-state index is 13.4. The molecule has 4 rings (SSSR count). The molecule has 0 saturated carbocycles. The van der Waals surface area contributed by atoms with Crippen molar-refractivity contribution in [1.82, 2.24) is 14.8 Å². The van der Waals surface area contributed by atoms with Crippen LogP contribution in [0, 0.1) is 11.7 Å². The van der Waals surface area contributed by atoms with Crippen LogP contribution in [-0.2, 0) is 17.8 Å². The summed E-state index contributed by atoms with van der Waals surface area (Å²) in [6.07, 6.45) is 3.69. The summed E-state index contributed by atoms with van der Waals surface area (Å²) in [4.78, 5) is 16.3. The number of carbonyl (C=O) groups excluding carboxylic acids is 1. The number of carbonyl (C=O) groups is 1. The van der Waals surface area contributed by atoms with E-state index in [0.29, 0.717) is 5.82 Å². The fourth-order valence-electron chi connectivity index (χ4n) is 3.37. The van der Waals surface area contributed by atoms with Gasteiger partial charge in [0.05, 0.1) is 0 Å². The van der Waals surface area contributed by atoms with Gasteiger partial charge in [-0.1, -0.05) is 13.8 Å². The Kier molecular flexibility index (Phi) is 4.48. The molecule has 6 heteroatoms. The largest absolute Gasteiger partial charge is 0.310 e. The molecule has 0 saturated heterocycles. The molecule has 1 amide bonds. The molecule has 0 atom stereocenters. The highest BCUT2D eigenvalue weighted by Gasteiger charge is 2.24. The molecule has 1 aliphatic heterocycles. The molecule has 0 unspecified atom stereocenters. The van der Waals surface area contributed by atoms with E-state index in [1.807, 2.05) is 30.7 Å². The number of aryl methyl sites for hydroxylation is 1. The summed E-state index contributed by atoms with van der Waals surface area (Å²) in [6.45, 7) is 4.57. The van der Waals surface area contributed by atoms with Crippen LogP contribution in [-0.4, -0.2) is 20.7 Å². The second kappa shape index (κ2) is 6.95. The van der Waals surface area contributed by atoms with E-state index in [0.717, 1.165) is 41.8 Å². The number of rotatable bonds is 4. The minimum atomic E-state index is -0.269. The van der Waals surface area contributed by atoms with Crippen LogP contribution in [0.4, 0.5) is 10.2 Å². The summed E-state index contributed by atoms with van der Waals surface area (Å²) in [5.74, 6) is 0.0631. The highest BCUT2D eigenvalue weighted by molar-refractivity contribution is 5.92. The lowest BCUT2D eigenvalue weighted by molar-refractivity contribution is -0.118. The van der Waals surface area contributed by atoms with Gasteiger partial charge in [0.1, 0.15) is 17.3 Å². The maximum Gasteiger partial charge on any atom is 0.228 e. The lowest BCUT2D eigenvalue weighted by atomic mass is 9.98. The monoisotopic (exact) mass is 364 g/mol. The topological polar surface area (TPSA) is 59.8 Å². The number of nitrogens with zero attached hydrogens (tertiary/aromatic N) is 3. The minimum Gasteiger partial charge on any atom is -0.310 e. The van der Waals surface area contributed by atoms with Crippen molar-refractivity contribution in [3.8, 4) is 22.4 Å². The summed E-state index contributed by atoms with van der Waals surface area (Å²) in [5.41, 5.74) is 4.85. The first-order valence-electron chi connectivity index (χ1n) is 9.16. The van der Waals surface area contributed by atoms with Gasteiger partial charge >= 0.3 is 0 Å². The van der Waals surface area contributed by atoms with Crippen molar-refractivity contribution in [2.45, 2.75) is 33.2 Å². The number of halogens is 1. The van der Waals surface area contributed by atoms with Crippen LogP contribution in [0.15, 0.2) is 42.6 Å². The van der Waals surface area contributed by atoms with E-state index in [-0.39, 0.29) is 17.6 Å². The number of aromatic nitrogens is 3. The zero-order valence-corrected chi connectivity index (χ0v) is 15.4. The molecule has 1 aliphatic rings. The molecule has 3 aromatic rings. The summed E-state index contributed by atoms with van der Waals surface area (Å²) < 4.78 is 15.4. The van der Waals surface area contributed by atoms with Crippen LogP contribution in [0.5, 0.6) is 0 Å². The van der Waals surface area contributed by atoms with Crippen LogP contribution >= 0.6 is 0 Å². The van der Waals surface area contributed by atoms with Crippen molar-refractivity contribution >= 4 is 11.7 Å². The fourth-order valence-corrected chi connectivity index (χ4v) is 3.37. The summed E-state index contributed by atoms with van der Waals surface area (Å²) in [6, 6.07) is 10.2. The van der Waals surface area contributed by atoms with Crippen molar-refractivity contribution in [2.24, 2.45) is 5.92 Å². The zero-order valence-electron chi connectivity index (χ0n) is 15.4.